The lowest BCUT2D eigenvalue weighted by Crippen LogP contribution is -2.07. The SMILES string of the molecule is O=S(=O)(Cc1ccc(Cl)c(Cl)c1)Cc1ccc(Cl)c(Cl)c1. The molecule has 0 saturated heterocycles. The Morgan fingerprint density at radius 1 is 0.667 bits per heavy atom. The van der Waals surface area contributed by atoms with E-state index in [0.717, 1.165) is 0 Å². The van der Waals surface area contributed by atoms with Gasteiger partial charge in [-0.1, -0.05) is 58.5 Å². The Kier molecular flexibility index (Phi) is 5.44. The molecule has 0 amide bonds. The zero-order chi connectivity index (χ0) is 15.6. The Morgan fingerprint density at radius 3 is 1.38 bits per heavy atom. The molecule has 2 rings (SSSR count). The Bertz CT molecular complexity index is 713. The molecule has 0 saturated carbocycles. The number of sulfone groups is 1. The maximum absolute atomic E-state index is 12.2. The molecule has 0 N–H and O–H groups in total. The first kappa shape index (κ1) is 16.9. The fourth-order valence-corrected chi connectivity index (χ4v) is 3.94. The molecule has 0 atom stereocenters. The maximum atomic E-state index is 12.2. The van der Waals surface area contributed by atoms with Gasteiger partial charge in [0, 0.05) is 0 Å². The van der Waals surface area contributed by atoms with Crippen LogP contribution < -0.4 is 0 Å². The van der Waals surface area contributed by atoms with Gasteiger partial charge in [-0.15, -0.1) is 0 Å². The number of rotatable bonds is 4. The second-order valence-electron chi connectivity index (χ2n) is 4.53. The van der Waals surface area contributed by atoms with E-state index in [-0.39, 0.29) is 11.5 Å². The van der Waals surface area contributed by atoms with Gasteiger partial charge in [0.2, 0.25) is 0 Å². The van der Waals surface area contributed by atoms with Gasteiger partial charge in [0.1, 0.15) is 0 Å². The lowest BCUT2D eigenvalue weighted by molar-refractivity contribution is 0.594. The third kappa shape index (κ3) is 4.76. The van der Waals surface area contributed by atoms with Crippen molar-refractivity contribution in [3.63, 3.8) is 0 Å². The molecule has 0 aromatic heterocycles. The van der Waals surface area contributed by atoms with E-state index >= 15 is 0 Å². The molecule has 0 unspecified atom stereocenters. The number of hydrogen-bond acceptors (Lipinski definition) is 2. The Balaban J connectivity index is 2.18. The standard InChI is InChI=1S/C14H10Cl4O2S/c15-11-3-1-9(5-13(11)17)7-21(19,20)8-10-2-4-12(16)14(18)6-10/h1-6H,7-8H2. The number of hydrogen-bond donors (Lipinski definition) is 0. The molecule has 0 heterocycles. The van der Waals surface area contributed by atoms with Crippen molar-refractivity contribution in [2.45, 2.75) is 11.5 Å². The fraction of sp³-hybridized carbons (Fsp3) is 0.143. The quantitative estimate of drug-likeness (QED) is 0.706. The molecule has 0 fully saturated rings. The van der Waals surface area contributed by atoms with Crippen LogP contribution in [0.25, 0.3) is 0 Å². The van der Waals surface area contributed by atoms with E-state index in [1.54, 1.807) is 36.4 Å². The summed E-state index contributed by atoms with van der Waals surface area (Å²) in [6.07, 6.45) is 0. The Labute approximate surface area is 143 Å². The zero-order valence-corrected chi connectivity index (χ0v) is 14.5. The van der Waals surface area contributed by atoms with Gasteiger partial charge in [0.15, 0.2) is 9.84 Å². The van der Waals surface area contributed by atoms with Crippen molar-refractivity contribution in [1.29, 1.82) is 0 Å². The number of halogens is 4. The van der Waals surface area contributed by atoms with E-state index in [1.165, 1.54) is 0 Å². The van der Waals surface area contributed by atoms with E-state index in [2.05, 4.69) is 0 Å². The van der Waals surface area contributed by atoms with Gasteiger partial charge in [-0.2, -0.15) is 0 Å². The average Bonchev–Trinajstić information content (AvgIpc) is 2.37. The normalized spacial score (nSPS) is 11.6. The molecule has 0 spiro atoms. The first-order valence-electron chi connectivity index (χ1n) is 5.85. The van der Waals surface area contributed by atoms with Crippen molar-refractivity contribution in [3.05, 3.63) is 67.6 Å². The molecule has 0 aliphatic rings. The van der Waals surface area contributed by atoms with E-state index in [4.69, 9.17) is 46.4 Å². The summed E-state index contributed by atoms with van der Waals surface area (Å²) in [6.45, 7) is 0. The minimum Gasteiger partial charge on any atom is -0.228 e. The minimum absolute atomic E-state index is 0.121. The van der Waals surface area contributed by atoms with Crippen LogP contribution in [-0.4, -0.2) is 8.42 Å². The van der Waals surface area contributed by atoms with Crippen LogP contribution in [-0.2, 0) is 21.3 Å². The first-order chi connectivity index (χ1) is 9.77. The Morgan fingerprint density at radius 2 is 1.05 bits per heavy atom. The molecule has 2 aromatic rings. The second-order valence-corrected chi connectivity index (χ2v) is 8.22. The lowest BCUT2D eigenvalue weighted by atomic mass is 10.2. The van der Waals surface area contributed by atoms with Gasteiger partial charge in [-0.25, -0.2) is 8.42 Å². The highest BCUT2D eigenvalue weighted by molar-refractivity contribution is 7.89. The summed E-state index contributed by atoms with van der Waals surface area (Å²) >= 11 is 23.4. The highest BCUT2D eigenvalue weighted by Gasteiger charge is 2.15. The summed E-state index contributed by atoms with van der Waals surface area (Å²) in [5.74, 6) is -0.242. The highest BCUT2D eigenvalue weighted by atomic mass is 35.5. The fourth-order valence-electron chi connectivity index (χ4n) is 1.82. The zero-order valence-electron chi connectivity index (χ0n) is 10.6. The summed E-state index contributed by atoms with van der Waals surface area (Å²) < 4.78 is 24.4. The van der Waals surface area contributed by atoms with Crippen LogP contribution in [0.4, 0.5) is 0 Å². The van der Waals surface area contributed by atoms with Gasteiger partial charge >= 0.3 is 0 Å². The topological polar surface area (TPSA) is 34.1 Å². The monoisotopic (exact) mass is 382 g/mol. The predicted molar refractivity (Wildman–Crippen MR) is 89.3 cm³/mol. The van der Waals surface area contributed by atoms with Gasteiger partial charge in [-0.3, -0.25) is 0 Å². The molecule has 0 bridgehead atoms. The van der Waals surface area contributed by atoms with Crippen LogP contribution in [0.3, 0.4) is 0 Å². The van der Waals surface area contributed by atoms with Gasteiger partial charge in [0.05, 0.1) is 31.6 Å². The lowest BCUT2D eigenvalue weighted by Gasteiger charge is -2.07. The van der Waals surface area contributed by atoms with E-state index < -0.39 is 9.84 Å². The summed E-state index contributed by atoms with van der Waals surface area (Å²) in [5, 5.41) is 1.45. The predicted octanol–water partition coefficient (Wildman–Crippen LogP) is 5.42. The molecule has 7 heteroatoms. The third-order valence-corrected chi connectivity index (χ3v) is 5.77. The summed E-state index contributed by atoms with van der Waals surface area (Å²) in [4.78, 5) is 0. The van der Waals surface area contributed by atoms with Crippen molar-refractivity contribution in [2.24, 2.45) is 0 Å². The molecule has 0 radical (unpaired) electrons. The molecular formula is C14H10Cl4O2S. The Hall–Kier alpha value is -0.450. The van der Waals surface area contributed by atoms with Crippen LogP contribution in [0.15, 0.2) is 36.4 Å². The summed E-state index contributed by atoms with van der Waals surface area (Å²) in [5.41, 5.74) is 1.17. The molecule has 2 aromatic carbocycles. The van der Waals surface area contributed by atoms with Crippen molar-refractivity contribution >= 4 is 56.2 Å². The molecule has 0 aliphatic carbocycles. The van der Waals surface area contributed by atoms with Crippen molar-refractivity contribution in [1.82, 2.24) is 0 Å². The van der Waals surface area contributed by atoms with Crippen molar-refractivity contribution < 1.29 is 8.42 Å². The van der Waals surface area contributed by atoms with Gasteiger partial charge < -0.3 is 0 Å². The van der Waals surface area contributed by atoms with Crippen LogP contribution >= 0.6 is 46.4 Å². The number of benzene rings is 2. The maximum Gasteiger partial charge on any atom is 0.158 e. The smallest absolute Gasteiger partial charge is 0.158 e. The van der Waals surface area contributed by atoms with Crippen molar-refractivity contribution in [2.75, 3.05) is 0 Å². The van der Waals surface area contributed by atoms with Gasteiger partial charge in [-0.05, 0) is 35.4 Å². The molecular weight excluding hydrogens is 374 g/mol. The highest BCUT2D eigenvalue weighted by Crippen LogP contribution is 2.26. The molecule has 112 valence electrons. The van der Waals surface area contributed by atoms with Crippen LogP contribution in [0, 0.1) is 0 Å². The van der Waals surface area contributed by atoms with Crippen molar-refractivity contribution in [3.8, 4) is 0 Å². The van der Waals surface area contributed by atoms with Crippen LogP contribution in [0.5, 0.6) is 0 Å². The molecule has 21 heavy (non-hydrogen) atoms. The molecule has 0 aliphatic heterocycles. The van der Waals surface area contributed by atoms with Gasteiger partial charge in [0.25, 0.3) is 0 Å². The summed E-state index contributed by atoms with van der Waals surface area (Å²) in [6, 6.07) is 9.54. The minimum atomic E-state index is -3.35. The van der Waals surface area contributed by atoms with E-state index in [0.29, 0.717) is 31.2 Å². The summed E-state index contributed by atoms with van der Waals surface area (Å²) in [7, 11) is -3.35. The van der Waals surface area contributed by atoms with E-state index in [1.807, 2.05) is 0 Å². The third-order valence-electron chi connectivity index (χ3n) is 2.74. The largest absolute Gasteiger partial charge is 0.228 e. The van der Waals surface area contributed by atoms with Crippen LogP contribution in [0.1, 0.15) is 11.1 Å². The first-order valence-corrected chi connectivity index (χ1v) is 9.18. The van der Waals surface area contributed by atoms with Crippen LogP contribution in [0.2, 0.25) is 20.1 Å². The van der Waals surface area contributed by atoms with E-state index in [9.17, 15) is 8.42 Å². The second kappa shape index (κ2) is 6.76. The average molecular weight is 384 g/mol. The molecule has 2 nitrogen and oxygen atoms in total.